The van der Waals surface area contributed by atoms with Crippen LogP contribution >= 0.6 is 11.6 Å². The van der Waals surface area contributed by atoms with E-state index < -0.39 is 17.2 Å². The molecular weight excluding hydrogens is 539 g/mol. The smallest absolute Gasteiger partial charge is 0.870 e. The first kappa shape index (κ1) is 34.9. The minimum Gasteiger partial charge on any atom is -0.870 e. The minimum absolute atomic E-state index is 0. The van der Waals surface area contributed by atoms with E-state index in [1.807, 2.05) is 0 Å². The molecule has 0 radical (unpaired) electrons. The van der Waals surface area contributed by atoms with Gasteiger partial charge in [-0.1, -0.05) is 43.2 Å². The fourth-order valence-electron chi connectivity index (χ4n) is 2.89. The van der Waals surface area contributed by atoms with Crippen LogP contribution in [-0.4, -0.2) is 38.0 Å². The van der Waals surface area contributed by atoms with Gasteiger partial charge in [0.25, 0.3) is 0 Å². The number of hydrogen-bond donors (Lipinski definition) is 3. The predicted octanol–water partition coefficient (Wildman–Crippen LogP) is 3.16. The van der Waals surface area contributed by atoms with Gasteiger partial charge in [0.05, 0.1) is 11.1 Å². The van der Waals surface area contributed by atoms with Crippen LogP contribution in [0.2, 0.25) is 0 Å². The summed E-state index contributed by atoms with van der Waals surface area (Å²) in [5, 5.41) is 29.6. The molecule has 4 aromatic carbocycles. The molecule has 11 heteroatoms. The number of halogens is 1. The number of hydrogen-bond acceptors (Lipinski definition) is 7. The van der Waals surface area contributed by atoms with Crippen molar-refractivity contribution in [3.05, 3.63) is 115 Å². The summed E-state index contributed by atoms with van der Waals surface area (Å²) >= 11 is 4.71. The summed E-state index contributed by atoms with van der Waals surface area (Å²) in [7, 11) is 0. The van der Waals surface area contributed by atoms with Gasteiger partial charge >= 0.3 is 41.5 Å². The Morgan fingerprint density at radius 3 is 1.69 bits per heavy atom. The van der Waals surface area contributed by atoms with Crippen LogP contribution < -0.4 is 34.4 Å². The SMILES string of the molecule is C=C=COOc1ccc2cc(C(=O)O)ccc2c1.C=CC(=O)Cl.O=C(O)c1ccc2cc(O)ccc2c1.[Na+].[OH-]. The van der Waals surface area contributed by atoms with Crippen LogP contribution in [0.3, 0.4) is 0 Å². The van der Waals surface area contributed by atoms with E-state index in [0.717, 1.165) is 27.6 Å². The first-order valence-electron chi connectivity index (χ1n) is 10.4. The van der Waals surface area contributed by atoms with Crippen molar-refractivity contribution in [1.82, 2.24) is 0 Å². The summed E-state index contributed by atoms with van der Waals surface area (Å²) < 4.78 is 0. The van der Waals surface area contributed by atoms with E-state index >= 15 is 0 Å². The second-order valence-corrected chi connectivity index (χ2v) is 7.46. The summed E-state index contributed by atoms with van der Waals surface area (Å²) in [6.07, 6.45) is 2.24. The average molecular weight is 561 g/mol. The molecule has 0 heterocycles. The molecule has 0 aliphatic rings. The number of phenols is 1. The van der Waals surface area contributed by atoms with Crippen LogP contribution in [0.15, 0.2) is 104 Å². The van der Waals surface area contributed by atoms with Gasteiger partial charge in [-0.15, -0.1) is 0 Å². The second kappa shape index (κ2) is 17.4. The van der Waals surface area contributed by atoms with Gasteiger partial charge in [0.2, 0.25) is 5.24 Å². The molecule has 0 fully saturated rings. The Labute approximate surface area is 250 Å². The van der Waals surface area contributed by atoms with Crippen molar-refractivity contribution in [2.45, 2.75) is 0 Å². The maximum atomic E-state index is 10.8. The molecule has 0 spiro atoms. The van der Waals surface area contributed by atoms with Crippen molar-refractivity contribution in [1.29, 1.82) is 0 Å². The van der Waals surface area contributed by atoms with Crippen LogP contribution in [-0.2, 0) is 9.68 Å². The van der Waals surface area contributed by atoms with Crippen molar-refractivity contribution in [2.75, 3.05) is 0 Å². The number of carbonyl (C=O) groups is 3. The molecule has 0 aromatic heterocycles. The van der Waals surface area contributed by atoms with Crippen LogP contribution in [0, 0.1) is 0 Å². The van der Waals surface area contributed by atoms with E-state index in [-0.39, 0.29) is 51.9 Å². The normalized spacial score (nSPS) is 8.95. The van der Waals surface area contributed by atoms with E-state index in [4.69, 9.17) is 26.7 Å². The Morgan fingerprint density at radius 1 is 0.795 bits per heavy atom. The van der Waals surface area contributed by atoms with Gasteiger partial charge in [-0.2, -0.15) is 0 Å². The van der Waals surface area contributed by atoms with Gasteiger partial charge in [-0.05, 0) is 87.8 Å². The number of aromatic hydroxyl groups is 1. The fourth-order valence-corrected chi connectivity index (χ4v) is 2.89. The number of allylic oxidation sites excluding steroid dienone is 1. The average Bonchev–Trinajstić information content (AvgIpc) is 2.88. The molecule has 4 aromatic rings. The first-order chi connectivity index (χ1) is 17.6. The largest absolute Gasteiger partial charge is 1.00 e. The van der Waals surface area contributed by atoms with Gasteiger partial charge in [0.1, 0.15) is 5.75 Å². The van der Waals surface area contributed by atoms with Crippen LogP contribution in [0.5, 0.6) is 11.5 Å². The quantitative estimate of drug-likeness (QED) is 0.0612. The maximum absolute atomic E-state index is 10.8. The minimum atomic E-state index is -0.948. The molecule has 0 unspecified atom stereocenters. The third kappa shape index (κ3) is 11.5. The molecule has 0 bridgehead atoms. The van der Waals surface area contributed by atoms with E-state index in [1.54, 1.807) is 60.7 Å². The van der Waals surface area contributed by atoms with E-state index in [0.29, 0.717) is 5.75 Å². The molecule has 196 valence electrons. The van der Waals surface area contributed by atoms with Crippen molar-refractivity contribution in [2.24, 2.45) is 0 Å². The summed E-state index contributed by atoms with van der Waals surface area (Å²) in [4.78, 5) is 40.6. The van der Waals surface area contributed by atoms with Crippen LogP contribution in [0.25, 0.3) is 21.5 Å². The zero-order valence-electron chi connectivity index (χ0n) is 20.7. The molecule has 0 aliphatic carbocycles. The van der Waals surface area contributed by atoms with Gasteiger partial charge in [-0.3, -0.25) is 14.6 Å². The summed E-state index contributed by atoms with van der Waals surface area (Å²) in [5.41, 5.74) is 2.91. The van der Waals surface area contributed by atoms with E-state index in [9.17, 15) is 19.5 Å². The molecule has 39 heavy (non-hydrogen) atoms. The molecule has 4 N–H and O–H groups in total. The standard InChI is InChI=1S/C14H10O4.C11H8O3.C3H3ClO.Na.H2O/c1-2-7-17-18-13-6-5-10-8-12(14(15)16)4-3-11(10)9-13;12-10-4-3-7-5-9(11(13)14)2-1-8(7)6-10;1-2-3(4)5;;/h3-9H,1H2,(H,15,16);1-6,12H,(H,13,14);2H,1H2;;1H2/q;;;+1;/p-1. The number of phenolic OH excluding ortho intramolecular Hbond substituents is 1. The van der Waals surface area contributed by atoms with Crippen molar-refractivity contribution < 1.29 is 74.5 Å². The Bertz CT molecular complexity index is 1510. The number of carbonyl (C=O) groups excluding carboxylic acids is 1. The first-order valence-corrected chi connectivity index (χ1v) is 10.7. The Hall–Kier alpha value is -4.08. The zero-order valence-corrected chi connectivity index (χ0v) is 23.5. The van der Waals surface area contributed by atoms with E-state index in [1.165, 1.54) is 18.4 Å². The van der Waals surface area contributed by atoms with Crippen LogP contribution in [0.4, 0.5) is 0 Å². The Kier molecular flexibility index (Phi) is 15.6. The number of fused-ring (bicyclic) bond motifs is 2. The topological polar surface area (TPSA) is 160 Å². The van der Waals surface area contributed by atoms with Crippen molar-refractivity contribution >= 4 is 50.3 Å². The summed E-state index contributed by atoms with van der Waals surface area (Å²) in [6, 6.07) is 19.7. The van der Waals surface area contributed by atoms with Gasteiger partial charge < -0.3 is 20.8 Å². The molecule has 4 rings (SSSR count). The predicted molar refractivity (Wildman–Crippen MR) is 142 cm³/mol. The maximum Gasteiger partial charge on any atom is 1.00 e. The van der Waals surface area contributed by atoms with Crippen LogP contribution in [0.1, 0.15) is 20.7 Å². The third-order valence-corrected chi connectivity index (χ3v) is 4.72. The monoisotopic (exact) mass is 560 g/mol. The molecular formula is C28H22ClNaO9. The summed E-state index contributed by atoms with van der Waals surface area (Å²) in [6.45, 7) is 6.41. The van der Waals surface area contributed by atoms with Gasteiger partial charge in [0.15, 0.2) is 12.0 Å². The Morgan fingerprint density at radius 2 is 1.23 bits per heavy atom. The second-order valence-electron chi connectivity index (χ2n) is 7.09. The zero-order chi connectivity index (χ0) is 27.4. The third-order valence-electron chi connectivity index (χ3n) is 4.57. The molecule has 0 saturated heterocycles. The number of carboxylic acid groups (broad SMARTS) is 2. The van der Waals surface area contributed by atoms with Gasteiger partial charge in [-0.25, -0.2) is 9.59 Å². The molecule has 0 atom stereocenters. The van der Waals surface area contributed by atoms with E-state index in [2.05, 4.69) is 23.8 Å². The Balaban J connectivity index is 0.000000617. The molecule has 0 saturated carbocycles. The number of benzene rings is 4. The van der Waals surface area contributed by atoms with Crippen molar-refractivity contribution in [3.63, 3.8) is 0 Å². The molecule has 0 aliphatic heterocycles. The molecule has 0 amide bonds. The number of rotatable bonds is 6. The fraction of sp³-hybridized carbons (Fsp3) is 0. The number of aromatic carboxylic acids is 2. The summed E-state index contributed by atoms with van der Waals surface area (Å²) in [5.74, 6) is -1.20. The van der Waals surface area contributed by atoms with Gasteiger partial charge in [0, 0.05) is 0 Å². The molecule has 9 nitrogen and oxygen atoms in total. The van der Waals surface area contributed by atoms with Crippen molar-refractivity contribution in [3.8, 4) is 11.5 Å². The number of carboxylic acids is 2.